The van der Waals surface area contributed by atoms with Gasteiger partial charge in [-0.15, -0.1) is 0 Å². The van der Waals surface area contributed by atoms with Crippen molar-refractivity contribution in [2.75, 3.05) is 12.4 Å². The van der Waals surface area contributed by atoms with Crippen molar-refractivity contribution in [3.8, 4) is 5.88 Å². The molecular weight excluding hydrogens is 423 g/mol. The topological polar surface area (TPSA) is 59.9 Å². The van der Waals surface area contributed by atoms with E-state index in [9.17, 15) is 4.39 Å². The molecule has 1 aromatic carbocycles. The lowest BCUT2D eigenvalue weighted by atomic mass is 9.76. The third-order valence-electron chi connectivity index (χ3n) is 6.52. The lowest BCUT2D eigenvalue weighted by Crippen LogP contribution is -2.22. The molecule has 3 heterocycles. The van der Waals surface area contributed by atoms with E-state index in [0.29, 0.717) is 23.8 Å². The second-order valence-electron chi connectivity index (χ2n) is 8.76. The highest BCUT2D eigenvalue weighted by atomic mass is 32.1. The molecule has 0 aliphatic heterocycles. The minimum absolute atomic E-state index is 0.191. The molecule has 1 aliphatic rings. The first kappa shape index (κ1) is 21.1. The molecule has 32 heavy (non-hydrogen) atoms. The van der Waals surface area contributed by atoms with E-state index in [0.717, 1.165) is 45.6 Å². The van der Waals surface area contributed by atoms with Gasteiger partial charge in [-0.25, -0.2) is 14.4 Å². The summed E-state index contributed by atoms with van der Waals surface area (Å²) in [4.78, 5) is 14.4. The Morgan fingerprint density at radius 3 is 2.72 bits per heavy atom. The van der Waals surface area contributed by atoms with Gasteiger partial charge in [0.1, 0.15) is 16.2 Å². The summed E-state index contributed by atoms with van der Waals surface area (Å²) < 4.78 is 19.0. The van der Waals surface area contributed by atoms with Crippen LogP contribution in [-0.4, -0.2) is 28.1 Å². The Hall–Kier alpha value is -2.80. The first-order valence-corrected chi connectivity index (χ1v) is 12.0. The molecule has 1 unspecified atom stereocenters. The molecule has 0 bridgehead atoms. The number of thiazole rings is 1. The highest BCUT2D eigenvalue weighted by molar-refractivity contribution is 7.21. The van der Waals surface area contributed by atoms with Gasteiger partial charge in [0, 0.05) is 23.7 Å². The van der Waals surface area contributed by atoms with Crippen LogP contribution in [0.2, 0.25) is 0 Å². The van der Waals surface area contributed by atoms with Crippen LogP contribution in [0.4, 0.5) is 9.52 Å². The molecule has 1 atom stereocenters. The Morgan fingerprint density at radius 2 is 1.91 bits per heavy atom. The summed E-state index contributed by atoms with van der Waals surface area (Å²) in [6.45, 7) is 2.23. The number of halogens is 1. The highest BCUT2D eigenvalue weighted by Crippen LogP contribution is 2.40. The first-order valence-electron chi connectivity index (χ1n) is 11.2. The van der Waals surface area contributed by atoms with E-state index < -0.39 is 0 Å². The zero-order valence-electron chi connectivity index (χ0n) is 18.3. The van der Waals surface area contributed by atoms with Crippen LogP contribution < -0.4 is 10.1 Å². The van der Waals surface area contributed by atoms with Crippen molar-refractivity contribution < 1.29 is 9.13 Å². The van der Waals surface area contributed by atoms with Crippen LogP contribution in [-0.2, 0) is 0 Å². The van der Waals surface area contributed by atoms with Crippen LogP contribution in [0.5, 0.6) is 5.88 Å². The van der Waals surface area contributed by atoms with Crippen molar-refractivity contribution in [2.45, 2.75) is 51.0 Å². The SMILES string of the molecule is COc1ccc2nc(NC(C)CC3CCC(c4ccnc5ccc(F)cc45)CC3)sc2n1. The third kappa shape index (κ3) is 4.39. The van der Waals surface area contributed by atoms with Gasteiger partial charge < -0.3 is 10.1 Å². The lowest BCUT2D eigenvalue weighted by molar-refractivity contribution is 0.302. The highest BCUT2D eigenvalue weighted by Gasteiger charge is 2.25. The van der Waals surface area contributed by atoms with E-state index in [-0.39, 0.29) is 5.82 Å². The number of rotatable bonds is 6. The van der Waals surface area contributed by atoms with Crippen LogP contribution >= 0.6 is 11.3 Å². The maximum absolute atomic E-state index is 13.8. The zero-order chi connectivity index (χ0) is 22.1. The minimum Gasteiger partial charge on any atom is -0.481 e. The second-order valence-corrected chi connectivity index (χ2v) is 9.73. The summed E-state index contributed by atoms with van der Waals surface area (Å²) in [6.07, 6.45) is 7.62. The Bertz CT molecular complexity index is 1240. The summed E-state index contributed by atoms with van der Waals surface area (Å²) in [5.41, 5.74) is 3.02. The molecule has 0 spiro atoms. The largest absolute Gasteiger partial charge is 0.481 e. The molecule has 3 aromatic heterocycles. The molecule has 5 nitrogen and oxygen atoms in total. The molecule has 0 amide bonds. The van der Waals surface area contributed by atoms with Crippen molar-refractivity contribution in [1.82, 2.24) is 15.0 Å². The predicted molar refractivity (Wildman–Crippen MR) is 128 cm³/mol. The maximum Gasteiger partial charge on any atom is 0.214 e. The molecule has 7 heteroatoms. The van der Waals surface area contributed by atoms with E-state index in [1.165, 1.54) is 24.5 Å². The van der Waals surface area contributed by atoms with Crippen molar-refractivity contribution >= 4 is 37.7 Å². The molecule has 4 aromatic rings. The lowest BCUT2D eigenvalue weighted by Gasteiger charge is -2.31. The van der Waals surface area contributed by atoms with Crippen LogP contribution in [0.25, 0.3) is 21.3 Å². The number of hydrogen-bond acceptors (Lipinski definition) is 6. The molecule has 0 radical (unpaired) electrons. The van der Waals surface area contributed by atoms with Crippen molar-refractivity contribution in [2.24, 2.45) is 5.92 Å². The van der Waals surface area contributed by atoms with Crippen LogP contribution in [0.3, 0.4) is 0 Å². The number of fused-ring (bicyclic) bond motifs is 2. The van der Waals surface area contributed by atoms with Gasteiger partial charge in [0.15, 0.2) is 5.13 Å². The van der Waals surface area contributed by atoms with Crippen LogP contribution in [0.15, 0.2) is 42.6 Å². The number of nitrogens with one attached hydrogen (secondary N) is 1. The van der Waals surface area contributed by atoms with E-state index in [1.54, 1.807) is 30.6 Å². The molecule has 1 saturated carbocycles. The Morgan fingerprint density at radius 1 is 1.09 bits per heavy atom. The predicted octanol–water partition coefficient (Wildman–Crippen LogP) is 6.55. The number of anilines is 1. The van der Waals surface area contributed by atoms with Gasteiger partial charge in [-0.1, -0.05) is 11.3 Å². The average molecular weight is 451 g/mol. The summed E-state index contributed by atoms with van der Waals surface area (Å²) in [6, 6.07) is 11.1. The standard InChI is InChI=1S/C25H27FN4OS/c1-15(28-25-29-22-9-10-23(31-2)30-24(22)32-25)13-16-3-5-17(6-4-16)19-11-12-27-21-8-7-18(26)14-20(19)21/h7-12,14-17H,3-6,13H2,1-2H3,(H,28,29). The molecular formula is C25H27FN4OS. The van der Waals surface area contributed by atoms with Gasteiger partial charge in [0.05, 0.1) is 12.6 Å². The number of nitrogens with zero attached hydrogens (tertiary/aromatic N) is 3. The maximum atomic E-state index is 13.8. The number of methoxy groups -OCH3 is 1. The monoisotopic (exact) mass is 450 g/mol. The van der Waals surface area contributed by atoms with Gasteiger partial charge >= 0.3 is 0 Å². The fraction of sp³-hybridized carbons (Fsp3) is 0.400. The summed E-state index contributed by atoms with van der Waals surface area (Å²) >= 11 is 1.57. The van der Waals surface area contributed by atoms with Crippen molar-refractivity contribution in [1.29, 1.82) is 0 Å². The quantitative estimate of drug-likeness (QED) is 0.361. The van der Waals surface area contributed by atoms with Crippen LogP contribution in [0.1, 0.15) is 50.5 Å². The number of pyridine rings is 2. The summed E-state index contributed by atoms with van der Waals surface area (Å²) in [7, 11) is 1.63. The summed E-state index contributed by atoms with van der Waals surface area (Å²) in [5.74, 6) is 1.59. The van der Waals surface area contributed by atoms with Gasteiger partial charge in [-0.3, -0.25) is 4.98 Å². The second kappa shape index (κ2) is 8.98. The Kier molecular flexibility index (Phi) is 5.91. The van der Waals surface area contributed by atoms with Crippen molar-refractivity contribution in [3.05, 3.63) is 54.0 Å². The van der Waals surface area contributed by atoms with E-state index in [4.69, 9.17) is 4.74 Å². The fourth-order valence-electron chi connectivity index (χ4n) is 4.95. The molecule has 166 valence electrons. The average Bonchev–Trinajstić information content (AvgIpc) is 3.20. The smallest absolute Gasteiger partial charge is 0.214 e. The number of aromatic nitrogens is 3. The van der Waals surface area contributed by atoms with Gasteiger partial charge in [0.2, 0.25) is 5.88 Å². The summed E-state index contributed by atoms with van der Waals surface area (Å²) in [5, 5.41) is 5.44. The van der Waals surface area contributed by atoms with Gasteiger partial charge in [-0.2, -0.15) is 0 Å². The van der Waals surface area contributed by atoms with E-state index >= 15 is 0 Å². The van der Waals surface area contributed by atoms with E-state index in [2.05, 4.69) is 33.3 Å². The number of hydrogen-bond donors (Lipinski definition) is 1. The van der Waals surface area contributed by atoms with Crippen molar-refractivity contribution in [3.63, 3.8) is 0 Å². The fourth-order valence-corrected chi connectivity index (χ4v) is 5.89. The Labute approximate surface area is 191 Å². The number of ether oxygens (including phenoxy) is 1. The zero-order valence-corrected chi connectivity index (χ0v) is 19.2. The normalized spacial score (nSPS) is 19.8. The molecule has 1 fully saturated rings. The first-order chi connectivity index (χ1) is 15.6. The van der Waals surface area contributed by atoms with Crippen LogP contribution in [0, 0.1) is 11.7 Å². The molecule has 1 N–H and O–H groups in total. The molecule has 1 aliphatic carbocycles. The molecule has 5 rings (SSSR count). The number of benzene rings is 1. The molecule has 0 saturated heterocycles. The third-order valence-corrected chi connectivity index (χ3v) is 7.42. The van der Waals surface area contributed by atoms with Gasteiger partial charge in [-0.05, 0) is 86.8 Å². The van der Waals surface area contributed by atoms with E-state index in [1.807, 2.05) is 18.3 Å². The minimum atomic E-state index is -0.191. The van der Waals surface area contributed by atoms with Gasteiger partial charge in [0.25, 0.3) is 0 Å². The Balaban J connectivity index is 1.19.